The molecule has 0 aliphatic heterocycles. The van der Waals surface area contributed by atoms with Gasteiger partial charge in [0.05, 0.1) is 13.2 Å². The minimum Gasteiger partial charge on any atom is -0.380 e. The van der Waals surface area contributed by atoms with E-state index in [9.17, 15) is 9.59 Å². The summed E-state index contributed by atoms with van der Waals surface area (Å²) in [7, 11) is 1.92. The van der Waals surface area contributed by atoms with Crippen molar-refractivity contribution in [1.29, 1.82) is 0 Å². The number of carbonyl (C=O) groups is 2. The Balaban J connectivity index is 3.60. The average molecular weight is 282 g/mol. The van der Waals surface area contributed by atoms with Crippen LogP contribution in [-0.4, -0.2) is 56.4 Å². The van der Waals surface area contributed by atoms with Crippen molar-refractivity contribution in [2.24, 2.45) is 5.11 Å². The van der Waals surface area contributed by atoms with Gasteiger partial charge in [-0.15, -0.1) is 0 Å². The van der Waals surface area contributed by atoms with Gasteiger partial charge in [0, 0.05) is 37.4 Å². The Morgan fingerprint density at radius 2 is 2.10 bits per heavy atom. The molecule has 20 heavy (non-hydrogen) atoms. The van der Waals surface area contributed by atoms with Crippen LogP contribution in [0.4, 0.5) is 0 Å². The summed E-state index contributed by atoms with van der Waals surface area (Å²) >= 11 is 0. The highest BCUT2D eigenvalue weighted by atomic mass is 16.5. The zero-order valence-corrected chi connectivity index (χ0v) is 12.1. The average Bonchev–Trinajstić information content (AvgIpc) is 2.40. The molecule has 0 radical (unpaired) electrons. The molecule has 0 aromatic heterocycles. The van der Waals surface area contributed by atoms with Crippen molar-refractivity contribution in [3.63, 3.8) is 0 Å². The molecule has 0 saturated heterocycles. The standard InChI is InChI=1S/C13H22N4O3/c1-12(18)5-6-13(19)4-3-8-17(2)9-11-20-10-7-15-16-14/h3-4H,5-11H2,1-2H3/b4-3+. The number of rotatable bonds is 12. The number of likely N-dealkylation sites (N-methyl/N-ethyl adjacent to an activating group) is 1. The van der Waals surface area contributed by atoms with Crippen LogP contribution in [0.2, 0.25) is 0 Å². The van der Waals surface area contributed by atoms with Gasteiger partial charge in [-0.2, -0.15) is 0 Å². The number of carbonyl (C=O) groups excluding carboxylic acids is 2. The van der Waals surface area contributed by atoms with Gasteiger partial charge in [-0.25, -0.2) is 0 Å². The number of Topliss-reactive ketones (excluding diaryl/α,β-unsaturated/α-hetero) is 1. The van der Waals surface area contributed by atoms with Crippen LogP contribution in [0, 0.1) is 0 Å². The van der Waals surface area contributed by atoms with Crippen molar-refractivity contribution in [2.45, 2.75) is 19.8 Å². The number of ether oxygens (including phenoxy) is 1. The predicted molar refractivity (Wildman–Crippen MR) is 76.4 cm³/mol. The SMILES string of the molecule is CC(=O)CCC(=O)/C=C/CN(C)CCOCCN=[N+]=[N-]. The summed E-state index contributed by atoms with van der Waals surface area (Å²) in [5.74, 6) is 0.000893. The zero-order valence-electron chi connectivity index (χ0n) is 12.1. The normalized spacial score (nSPS) is 10.8. The van der Waals surface area contributed by atoms with Crippen LogP contribution in [0.25, 0.3) is 10.4 Å². The second-order valence-corrected chi connectivity index (χ2v) is 4.40. The molecular formula is C13H22N4O3. The number of nitrogens with zero attached hydrogens (tertiary/aromatic N) is 4. The molecule has 0 aromatic carbocycles. The lowest BCUT2D eigenvalue weighted by Crippen LogP contribution is -2.23. The summed E-state index contributed by atoms with van der Waals surface area (Å²) in [5.41, 5.74) is 8.06. The maximum Gasteiger partial charge on any atom is 0.155 e. The second kappa shape index (κ2) is 12.3. The van der Waals surface area contributed by atoms with Gasteiger partial charge in [0.25, 0.3) is 0 Å². The Morgan fingerprint density at radius 1 is 1.35 bits per heavy atom. The van der Waals surface area contributed by atoms with Crippen molar-refractivity contribution in [1.82, 2.24) is 4.90 Å². The first-order valence-corrected chi connectivity index (χ1v) is 6.52. The molecule has 0 unspecified atom stereocenters. The van der Waals surface area contributed by atoms with Gasteiger partial charge < -0.3 is 14.4 Å². The number of allylic oxidation sites excluding steroid dienone is 1. The lowest BCUT2D eigenvalue weighted by atomic mass is 10.1. The lowest BCUT2D eigenvalue weighted by Gasteiger charge is -2.13. The molecule has 0 fully saturated rings. The molecule has 0 rings (SSSR count). The van der Waals surface area contributed by atoms with Crippen molar-refractivity contribution in [3.8, 4) is 0 Å². The molecule has 0 heterocycles. The lowest BCUT2D eigenvalue weighted by molar-refractivity contribution is -0.120. The fourth-order valence-electron chi connectivity index (χ4n) is 1.31. The van der Waals surface area contributed by atoms with Crippen molar-refractivity contribution >= 4 is 11.6 Å². The molecular weight excluding hydrogens is 260 g/mol. The first-order valence-electron chi connectivity index (χ1n) is 6.52. The largest absolute Gasteiger partial charge is 0.380 e. The summed E-state index contributed by atoms with van der Waals surface area (Å²) in [6.07, 6.45) is 3.88. The smallest absolute Gasteiger partial charge is 0.155 e. The molecule has 0 bridgehead atoms. The van der Waals surface area contributed by atoms with Gasteiger partial charge in [-0.3, -0.25) is 4.79 Å². The fourth-order valence-corrected chi connectivity index (χ4v) is 1.31. The van der Waals surface area contributed by atoms with Gasteiger partial charge in [0.15, 0.2) is 5.78 Å². The highest BCUT2D eigenvalue weighted by molar-refractivity contribution is 5.92. The number of hydrogen-bond donors (Lipinski definition) is 0. The quantitative estimate of drug-likeness (QED) is 0.179. The van der Waals surface area contributed by atoms with Crippen LogP contribution >= 0.6 is 0 Å². The van der Waals surface area contributed by atoms with E-state index >= 15 is 0 Å². The van der Waals surface area contributed by atoms with E-state index in [2.05, 4.69) is 10.0 Å². The highest BCUT2D eigenvalue weighted by Gasteiger charge is 2.00. The van der Waals surface area contributed by atoms with Crippen molar-refractivity contribution in [3.05, 3.63) is 22.6 Å². The third-order valence-corrected chi connectivity index (χ3v) is 2.46. The number of ketones is 2. The topological polar surface area (TPSA) is 95.4 Å². The van der Waals surface area contributed by atoms with Gasteiger partial charge in [0.2, 0.25) is 0 Å². The molecule has 0 aromatic rings. The molecule has 112 valence electrons. The minimum atomic E-state index is -0.0285. The van der Waals surface area contributed by atoms with Crippen LogP contribution in [-0.2, 0) is 14.3 Å². The van der Waals surface area contributed by atoms with Crippen molar-refractivity contribution in [2.75, 3.05) is 39.9 Å². The van der Waals surface area contributed by atoms with E-state index in [1.54, 1.807) is 6.08 Å². The predicted octanol–water partition coefficient (Wildman–Crippen LogP) is 1.74. The Hall–Kier alpha value is -1.69. The Labute approximate surface area is 119 Å². The second-order valence-electron chi connectivity index (χ2n) is 4.40. The fraction of sp³-hybridized carbons (Fsp3) is 0.692. The van der Waals surface area contributed by atoms with E-state index in [1.807, 2.05) is 11.9 Å². The summed E-state index contributed by atoms with van der Waals surface area (Å²) in [5, 5.41) is 3.36. The molecule has 0 N–H and O–H groups in total. The first-order chi connectivity index (χ1) is 9.56. The summed E-state index contributed by atoms with van der Waals surface area (Å²) in [4.78, 5) is 26.7. The van der Waals surface area contributed by atoms with E-state index < -0.39 is 0 Å². The maximum absolute atomic E-state index is 11.4. The summed E-state index contributed by atoms with van der Waals surface area (Å²) in [6, 6.07) is 0. The summed E-state index contributed by atoms with van der Waals surface area (Å²) in [6.45, 7) is 4.14. The molecule has 0 amide bonds. The zero-order chi connectivity index (χ0) is 15.2. The third-order valence-electron chi connectivity index (χ3n) is 2.46. The molecule has 0 aliphatic rings. The third kappa shape index (κ3) is 12.8. The number of azide groups is 1. The van der Waals surface area contributed by atoms with Crippen molar-refractivity contribution < 1.29 is 14.3 Å². The Morgan fingerprint density at radius 3 is 2.75 bits per heavy atom. The molecule has 7 heteroatoms. The minimum absolute atomic E-state index is 0.0285. The summed E-state index contributed by atoms with van der Waals surface area (Å²) < 4.78 is 5.26. The van der Waals surface area contributed by atoms with Crippen LogP contribution < -0.4 is 0 Å². The van der Waals surface area contributed by atoms with Gasteiger partial charge in [-0.1, -0.05) is 11.2 Å². The monoisotopic (exact) mass is 282 g/mol. The Bertz CT molecular complexity index is 376. The van der Waals surface area contributed by atoms with E-state index in [4.69, 9.17) is 10.3 Å². The van der Waals surface area contributed by atoms with E-state index in [-0.39, 0.29) is 18.0 Å². The molecule has 7 nitrogen and oxygen atoms in total. The van der Waals surface area contributed by atoms with Gasteiger partial charge in [0.1, 0.15) is 5.78 Å². The first kappa shape index (κ1) is 18.3. The highest BCUT2D eigenvalue weighted by Crippen LogP contribution is 1.94. The Kier molecular flexibility index (Phi) is 11.3. The molecule has 0 saturated carbocycles. The van der Waals surface area contributed by atoms with E-state index in [0.29, 0.717) is 32.7 Å². The van der Waals surface area contributed by atoms with Gasteiger partial charge >= 0.3 is 0 Å². The van der Waals surface area contributed by atoms with Crippen LogP contribution in [0.15, 0.2) is 17.3 Å². The van der Waals surface area contributed by atoms with E-state index in [1.165, 1.54) is 13.0 Å². The van der Waals surface area contributed by atoms with Crippen LogP contribution in [0.1, 0.15) is 19.8 Å². The van der Waals surface area contributed by atoms with Crippen LogP contribution in [0.5, 0.6) is 0 Å². The molecule has 0 atom stereocenters. The molecule has 0 spiro atoms. The van der Waals surface area contributed by atoms with Gasteiger partial charge in [-0.05, 0) is 25.6 Å². The number of hydrogen-bond acceptors (Lipinski definition) is 5. The van der Waals surface area contributed by atoms with Crippen LogP contribution in [0.3, 0.4) is 0 Å². The van der Waals surface area contributed by atoms with E-state index in [0.717, 1.165) is 6.54 Å². The maximum atomic E-state index is 11.4. The molecule has 0 aliphatic carbocycles.